The van der Waals surface area contributed by atoms with Gasteiger partial charge in [0.05, 0.1) is 12.0 Å². The van der Waals surface area contributed by atoms with Crippen LogP contribution in [0.15, 0.2) is 54.9 Å². The number of hydrogen-bond acceptors (Lipinski definition) is 3. The van der Waals surface area contributed by atoms with E-state index < -0.39 is 0 Å². The second kappa shape index (κ2) is 5.78. The van der Waals surface area contributed by atoms with Crippen LogP contribution in [0, 0.1) is 5.92 Å². The highest BCUT2D eigenvalue weighted by atomic mass is 16.2. The number of hydrogen-bond donors (Lipinski definition) is 0. The minimum Gasteiger partial charge on any atom is -0.320 e. The Bertz CT molecular complexity index is 1030. The first kappa shape index (κ1) is 16.2. The van der Waals surface area contributed by atoms with Gasteiger partial charge in [-0.05, 0) is 48.1 Å². The largest absolute Gasteiger partial charge is 0.320 e. The Kier molecular flexibility index (Phi) is 3.47. The van der Waals surface area contributed by atoms with Crippen LogP contribution in [0.2, 0.25) is 0 Å². The molecule has 1 fully saturated rings. The molecule has 1 aromatic heterocycles. The van der Waals surface area contributed by atoms with Crippen molar-refractivity contribution in [3.05, 3.63) is 77.4 Å². The average Bonchev–Trinajstić information content (AvgIpc) is 3.23. The van der Waals surface area contributed by atoms with E-state index >= 15 is 0 Å². The van der Waals surface area contributed by atoms with Crippen molar-refractivity contribution in [2.45, 2.75) is 31.7 Å². The fourth-order valence-corrected chi connectivity index (χ4v) is 4.83. The molecule has 0 saturated heterocycles. The van der Waals surface area contributed by atoms with Gasteiger partial charge in [0.25, 0.3) is 5.91 Å². The van der Waals surface area contributed by atoms with Crippen LogP contribution in [-0.4, -0.2) is 20.7 Å². The van der Waals surface area contributed by atoms with E-state index in [9.17, 15) is 4.79 Å². The number of anilines is 1. The third-order valence-corrected chi connectivity index (χ3v) is 6.07. The molecule has 136 valence electrons. The molecule has 0 atom stereocenters. The maximum Gasteiger partial charge on any atom is 0.258 e. The van der Waals surface area contributed by atoms with Gasteiger partial charge in [0.1, 0.15) is 12.2 Å². The molecule has 5 rings (SSSR count). The molecule has 1 aliphatic heterocycles. The first-order chi connectivity index (χ1) is 13.1. The van der Waals surface area contributed by atoms with E-state index in [1.54, 1.807) is 6.33 Å². The minimum atomic E-state index is -0.115. The number of carbonyl (C=O) groups excluding carboxylic acids is 1. The molecule has 2 aromatic carbocycles. The molecule has 27 heavy (non-hydrogen) atoms. The fourth-order valence-electron chi connectivity index (χ4n) is 4.83. The first-order valence-corrected chi connectivity index (χ1v) is 9.43. The monoisotopic (exact) mass is 358 g/mol. The summed E-state index contributed by atoms with van der Waals surface area (Å²) in [5.41, 5.74) is 3.96. The molecular formula is C22H22N4O. The lowest BCUT2D eigenvalue weighted by Gasteiger charge is -2.46. The summed E-state index contributed by atoms with van der Waals surface area (Å²) in [4.78, 5) is 14.8. The zero-order valence-electron chi connectivity index (χ0n) is 15.6. The Labute approximate surface area is 158 Å². The van der Waals surface area contributed by atoms with Crippen molar-refractivity contribution in [1.82, 2.24) is 14.8 Å². The van der Waals surface area contributed by atoms with Crippen molar-refractivity contribution >= 4 is 11.6 Å². The molecule has 1 aliphatic carbocycles. The van der Waals surface area contributed by atoms with E-state index in [1.165, 1.54) is 5.56 Å². The topological polar surface area (TPSA) is 51.0 Å². The van der Waals surface area contributed by atoms with Crippen molar-refractivity contribution in [3.63, 3.8) is 0 Å². The van der Waals surface area contributed by atoms with E-state index in [1.807, 2.05) is 46.8 Å². The lowest BCUT2D eigenvalue weighted by atomic mass is 9.58. The second-order valence-electron chi connectivity index (χ2n) is 7.96. The Hall–Kier alpha value is -2.95. The van der Waals surface area contributed by atoms with Crippen molar-refractivity contribution in [2.75, 3.05) is 4.90 Å². The van der Waals surface area contributed by atoms with Crippen LogP contribution in [0.1, 0.15) is 47.1 Å². The summed E-state index contributed by atoms with van der Waals surface area (Å²) in [7, 11) is 2.00. The van der Waals surface area contributed by atoms with E-state index in [2.05, 4.69) is 35.3 Å². The number of benzene rings is 2. The van der Waals surface area contributed by atoms with Crippen LogP contribution in [0.25, 0.3) is 0 Å². The Morgan fingerprint density at radius 2 is 1.93 bits per heavy atom. The summed E-state index contributed by atoms with van der Waals surface area (Å²) in [6.07, 6.45) is 3.87. The molecule has 3 aromatic rings. The molecular weight excluding hydrogens is 336 g/mol. The quantitative estimate of drug-likeness (QED) is 0.717. The van der Waals surface area contributed by atoms with E-state index in [4.69, 9.17) is 0 Å². The molecule has 0 radical (unpaired) electrons. The fraction of sp³-hybridized carbons (Fsp3) is 0.318. The van der Waals surface area contributed by atoms with Gasteiger partial charge in [-0.25, -0.2) is 0 Å². The molecule has 0 bridgehead atoms. The SMILES string of the molecule is CC1CC(c2cccc(N3Cc4ccccc4C3=O)c2)(c2nncn2C)C1. The van der Waals surface area contributed by atoms with Gasteiger partial charge in [-0.1, -0.05) is 37.3 Å². The molecule has 2 aliphatic rings. The number of carbonyl (C=O) groups is 1. The van der Waals surface area contributed by atoms with Gasteiger partial charge in [-0.2, -0.15) is 0 Å². The zero-order chi connectivity index (χ0) is 18.6. The van der Waals surface area contributed by atoms with E-state index in [0.717, 1.165) is 35.5 Å². The van der Waals surface area contributed by atoms with E-state index in [-0.39, 0.29) is 11.3 Å². The number of rotatable bonds is 3. The van der Waals surface area contributed by atoms with Crippen molar-refractivity contribution in [2.24, 2.45) is 13.0 Å². The predicted octanol–water partition coefficient (Wildman–Crippen LogP) is 3.69. The lowest BCUT2D eigenvalue weighted by molar-refractivity contribution is 0.0996. The molecule has 0 unspecified atom stereocenters. The molecule has 1 saturated carbocycles. The van der Waals surface area contributed by atoms with Crippen molar-refractivity contribution in [1.29, 1.82) is 0 Å². The number of aromatic nitrogens is 3. The average molecular weight is 358 g/mol. The number of nitrogens with zero attached hydrogens (tertiary/aromatic N) is 4. The smallest absolute Gasteiger partial charge is 0.258 e. The molecule has 5 nitrogen and oxygen atoms in total. The first-order valence-electron chi connectivity index (χ1n) is 9.43. The Balaban J connectivity index is 1.55. The van der Waals surface area contributed by atoms with Gasteiger partial charge in [-0.15, -0.1) is 10.2 Å². The summed E-state index contributed by atoms with van der Waals surface area (Å²) < 4.78 is 2.02. The van der Waals surface area contributed by atoms with Crippen LogP contribution >= 0.6 is 0 Å². The summed E-state index contributed by atoms with van der Waals surface area (Å²) in [5.74, 6) is 1.74. The van der Waals surface area contributed by atoms with Crippen LogP contribution in [-0.2, 0) is 19.0 Å². The highest BCUT2D eigenvalue weighted by molar-refractivity contribution is 6.10. The standard InChI is InChI=1S/C22H22N4O/c1-15-11-22(12-15,21-24-23-14-25(21)2)17-7-5-8-18(10-17)26-13-16-6-3-4-9-19(16)20(26)27/h3-10,14-15H,11-13H2,1-2H3. The zero-order valence-corrected chi connectivity index (χ0v) is 15.6. The third-order valence-electron chi connectivity index (χ3n) is 6.07. The van der Waals surface area contributed by atoms with Gasteiger partial charge in [0, 0.05) is 18.3 Å². The Morgan fingerprint density at radius 1 is 1.11 bits per heavy atom. The van der Waals surface area contributed by atoms with Crippen molar-refractivity contribution < 1.29 is 4.79 Å². The third kappa shape index (κ3) is 2.34. The maximum absolute atomic E-state index is 12.9. The van der Waals surface area contributed by atoms with Crippen LogP contribution in [0.5, 0.6) is 0 Å². The number of aryl methyl sites for hydroxylation is 1. The van der Waals surface area contributed by atoms with Gasteiger partial charge < -0.3 is 9.47 Å². The second-order valence-corrected chi connectivity index (χ2v) is 7.96. The summed E-state index contributed by atoms with van der Waals surface area (Å²) >= 11 is 0. The summed E-state index contributed by atoms with van der Waals surface area (Å²) in [6.45, 7) is 2.91. The molecule has 1 amide bonds. The Morgan fingerprint density at radius 3 is 2.63 bits per heavy atom. The minimum absolute atomic E-state index is 0.0810. The molecule has 0 spiro atoms. The highest BCUT2D eigenvalue weighted by Gasteiger charge is 2.48. The van der Waals surface area contributed by atoms with Crippen molar-refractivity contribution in [3.8, 4) is 0 Å². The van der Waals surface area contributed by atoms with E-state index in [0.29, 0.717) is 12.5 Å². The highest BCUT2D eigenvalue weighted by Crippen LogP contribution is 2.52. The lowest BCUT2D eigenvalue weighted by Crippen LogP contribution is -2.43. The summed E-state index contributed by atoms with van der Waals surface area (Å²) in [5, 5.41) is 8.54. The molecule has 2 heterocycles. The van der Waals surface area contributed by atoms with Gasteiger partial charge in [0.2, 0.25) is 0 Å². The van der Waals surface area contributed by atoms with Gasteiger partial charge >= 0.3 is 0 Å². The van der Waals surface area contributed by atoms with Gasteiger partial charge in [-0.3, -0.25) is 4.79 Å². The van der Waals surface area contributed by atoms with Gasteiger partial charge in [0.15, 0.2) is 0 Å². The van der Waals surface area contributed by atoms with Crippen LogP contribution < -0.4 is 4.90 Å². The predicted molar refractivity (Wildman–Crippen MR) is 104 cm³/mol. The summed E-state index contributed by atoms with van der Waals surface area (Å²) in [6, 6.07) is 16.3. The van der Waals surface area contributed by atoms with Crippen LogP contribution in [0.3, 0.4) is 0 Å². The normalized spacial score (nSPS) is 24.0. The number of fused-ring (bicyclic) bond motifs is 1. The molecule has 5 heteroatoms. The number of amides is 1. The maximum atomic E-state index is 12.9. The van der Waals surface area contributed by atoms with Crippen LogP contribution in [0.4, 0.5) is 5.69 Å². The molecule has 0 N–H and O–H groups in total.